The second kappa shape index (κ2) is 9.03. The lowest BCUT2D eigenvalue weighted by Crippen LogP contribution is -2.31. The highest BCUT2D eigenvalue weighted by molar-refractivity contribution is 7.99. The molecule has 1 heterocycles. The van der Waals surface area contributed by atoms with E-state index in [1.807, 2.05) is 12.1 Å². The summed E-state index contributed by atoms with van der Waals surface area (Å²) in [6.45, 7) is 2.60. The molecule has 3 rings (SSSR count). The van der Waals surface area contributed by atoms with E-state index in [9.17, 15) is 18.0 Å². The molecule has 0 N–H and O–H groups in total. The van der Waals surface area contributed by atoms with Crippen molar-refractivity contribution in [2.45, 2.75) is 44.2 Å². The van der Waals surface area contributed by atoms with Crippen LogP contribution in [0, 0.1) is 0 Å². The quantitative estimate of drug-likeness (QED) is 0.522. The number of carbonyl (C=O) groups is 1. The Hall–Kier alpha value is -1.95. The SMILES string of the molecule is CCCCCc1ccc(C(=O)N2CCSC2c2ccccc2C(F)(F)F)cc1. The number of aryl methyl sites for hydroxylation is 1. The van der Waals surface area contributed by atoms with Crippen LogP contribution in [0.5, 0.6) is 0 Å². The number of thioether (sulfide) groups is 1. The first-order valence-electron chi connectivity index (χ1n) is 9.59. The van der Waals surface area contributed by atoms with Crippen molar-refractivity contribution in [2.24, 2.45) is 0 Å². The van der Waals surface area contributed by atoms with Crippen LogP contribution in [0.25, 0.3) is 0 Å². The predicted octanol–water partition coefficient (Wildman–Crippen LogP) is 6.33. The van der Waals surface area contributed by atoms with Gasteiger partial charge in [0.2, 0.25) is 0 Å². The molecule has 0 aromatic heterocycles. The van der Waals surface area contributed by atoms with E-state index in [1.54, 1.807) is 23.1 Å². The fraction of sp³-hybridized carbons (Fsp3) is 0.409. The molecule has 28 heavy (non-hydrogen) atoms. The lowest BCUT2D eigenvalue weighted by molar-refractivity contribution is -0.138. The van der Waals surface area contributed by atoms with Gasteiger partial charge in [0.15, 0.2) is 0 Å². The van der Waals surface area contributed by atoms with Gasteiger partial charge in [0.25, 0.3) is 5.91 Å². The molecule has 0 radical (unpaired) electrons. The zero-order valence-electron chi connectivity index (χ0n) is 15.8. The number of halogens is 3. The number of amides is 1. The van der Waals surface area contributed by atoms with Gasteiger partial charge in [0, 0.05) is 17.9 Å². The van der Waals surface area contributed by atoms with Crippen molar-refractivity contribution >= 4 is 17.7 Å². The monoisotopic (exact) mass is 407 g/mol. The average Bonchev–Trinajstić information content (AvgIpc) is 3.17. The fourth-order valence-electron chi connectivity index (χ4n) is 3.47. The van der Waals surface area contributed by atoms with Crippen LogP contribution in [-0.2, 0) is 12.6 Å². The number of hydrogen-bond donors (Lipinski definition) is 0. The molecule has 0 saturated carbocycles. The van der Waals surface area contributed by atoms with E-state index in [4.69, 9.17) is 0 Å². The number of alkyl halides is 3. The molecule has 0 aliphatic carbocycles. The van der Waals surface area contributed by atoms with E-state index >= 15 is 0 Å². The second-order valence-electron chi connectivity index (χ2n) is 6.96. The summed E-state index contributed by atoms with van der Waals surface area (Å²) < 4.78 is 40.2. The van der Waals surface area contributed by atoms with E-state index < -0.39 is 17.1 Å². The summed E-state index contributed by atoms with van der Waals surface area (Å²) in [4.78, 5) is 14.6. The number of hydrogen-bond acceptors (Lipinski definition) is 2. The maximum atomic E-state index is 13.4. The maximum Gasteiger partial charge on any atom is 0.416 e. The molecule has 1 aliphatic heterocycles. The molecule has 0 spiro atoms. The highest BCUT2D eigenvalue weighted by Gasteiger charge is 2.39. The third kappa shape index (κ3) is 4.72. The van der Waals surface area contributed by atoms with E-state index in [0.29, 0.717) is 17.9 Å². The van der Waals surface area contributed by atoms with Gasteiger partial charge < -0.3 is 4.90 Å². The summed E-state index contributed by atoms with van der Waals surface area (Å²) in [6, 6.07) is 13.0. The van der Waals surface area contributed by atoms with Crippen molar-refractivity contribution < 1.29 is 18.0 Å². The minimum atomic E-state index is -4.44. The lowest BCUT2D eigenvalue weighted by atomic mass is 10.0. The van der Waals surface area contributed by atoms with E-state index in [1.165, 1.54) is 35.9 Å². The summed E-state index contributed by atoms with van der Waals surface area (Å²) in [7, 11) is 0. The molecular formula is C22H24F3NOS. The van der Waals surface area contributed by atoms with E-state index in [-0.39, 0.29) is 11.5 Å². The van der Waals surface area contributed by atoms with Gasteiger partial charge >= 0.3 is 6.18 Å². The van der Waals surface area contributed by atoms with Crippen molar-refractivity contribution in [2.75, 3.05) is 12.3 Å². The van der Waals surface area contributed by atoms with Gasteiger partial charge in [-0.1, -0.05) is 50.1 Å². The number of rotatable bonds is 6. The molecule has 2 nitrogen and oxygen atoms in total. The first-order chi connectivity index (χ1) is 13.4. The molecule has 1 unspecified atom stereocenters. The number of nitrogens with zero attached hydrogens (tertiary/aromatic N) is 1. The standard InChI is InChI=1S/C22H24F3NOS/c1-2-3-4-7-16-10-12-17(13-11-16)20(27)26-14-15-28-21(26)18-8-5-6-9-19(18)22(23,24)25/h5-6,8-13,21H,2-4,7,14-15H2,1H3. The van der Waals surface area contributed by atoms with Crippen molar-refractivity contribution in [3.05, 3.63) is 70.8 Å². The minimum Gasteiger partial charge on any atom is -0.322 e. The van der Waals surface area contributed by atoms with Crippen molar-refractivity contribution in [3.8, 4) is 0 Å². The summed E-state index contributed by atoms with van der Waals surface area (Å²) >= 11 is 1.38. The Morgan fingerprint density at radius 2 is 1.82 bits per heavy atom. The minimum absolute atomic E-state index is 0.155. The van der Waals surface area contributed by atoms with Gasteiger partial charge in [0.1, 0.15) is 5.37 Å². The van der Waals surface area contributed by atoms with Crippen LogP contribution in [-0.4, -0.2) is 23.1 Å². The molecule has 6 heteroatoms. The van der Waals surface area contributed by atoms with Gasteiger partial charge in [-0.25, -0.2) is 0 Å². The van der Waals surface area contributed by atoms with Crippen LogP contribution < -0.4 is 0 Å². The molecular weight excluding hydrogens is 383 g/mol. The normalized spacial score (nSPS) is 17.1. The molecule has 1 fully saturated rings. The van der Waals surface area contributed by atoms with Crippen LogP contribution >= 0.6 is 11.8 Å². The summed E-state index contributed by atoms with van der Waals surface area (Å²) in [5.41, 5.74) is 1.19. The molecule has 1 saturated heterocycles. The Balaban J connectivity index is 1.79. The highest BCUT2D eigenvalue weighted by atomic mass is 32.2. The third-order valence-electron chi connectivity index (χ3n) is 4.95. The van der Waals surface area contributed by atoms with Gasteiger partial charge in [-0.2, -0.15) is 13.2 Å². The summed E-state index contributed by atoms with van der Waals surface area (Å²) in [5, 5.41) is -0.616. The van der Waals surface area contributed by atoms with Crippen molar-refractivity contribution in [3.63, 3.8) is 0 Å². The number of unbranched alkanes of at least 4 members (excludes halogenated alkanes) is 2. The Morgan fingerprint density at radius 3 is 2.50 bits per heavy atom. The van der Waals surface area contributed by atoms with Crippen LogP contribution in [0.15, 0.2) is 48.5 Å². The zero-order valence-corrected chi connectivity index (χ0v) is 16.7. The van der Waals surface area contributed by atoms with Gasteiger partial charge in [0.05, 0.1) is 5.56 Å². The molecule has 1 atom stereocenters. The molecule has 2 aromatic rings. The molecule has 1 aliphatic rings. The molecule has 0 bridgehead atoms. The van der Waals surface area contributed by atoms with E-state index in [0.717, 1.165) is 25.3 Å². The summed E-state index contributed by atoms with van der Waals surface area (Å²) in [6.07, 6.45) is -0.0170. The lowest BCUT2D eigenvalue weighted by Gasteiger charge is -2.26. The van der Waals surface area contributed by atoms with Crippen molar-refractivity contribution in [1.82, 2.24) is 4.90 Å². The third-order valence-corrected chi connectivity index (χ3v) is 6.20. The van der Waals surface area contributed by atoms with Crippen LogP contribution in [0.1, 0.15) is 58.6 Å². The second-order valence-corrected chi connectivity index (χ2v) is 8.15. The van der Waals surface area contributed by atoms with Gasteiger partial charge in [-0.3, -0.25) is 4.79 Å². The summed E-state index contributed by atoms with van der Waals surface area (Å²) in [5.74, 6) is 0.407. The smallest absolute Gasteiger partial charge is 0.322 e. The van der Waals surface area contributed by atoms with E-state index in [2.05, 4.69) is 6.92 Å². The van der Waals surface area contributed by atoms with Crippen LogP contribution in [0.4, 0.5) is 13.2 Å². The topological polar surface area (TPSA) is 20.3 Å². The predicted molar refractivity (Wildman–Crippen MR) is 107 cm³/mol. The van der Waals surface area contributed by atoms with Gasteiger partial charge in [-0.05, 0) is 42.2 Å². The number of benzene rings is 2. The first kappa shape index (κ1) is 20.8. The Bertz CT molecular complexity index is 804. The maximum absolute atomic E-state index is 13.4. The molecule has 2 aromatic carbocycles. The zero-order chi connectivity index (χ0) is 20.1. The fourth-order valence-corrected chi connectivity index (χ4v) is 4.76. The highest BCUT2D eigenvalue weighted by Crippen LogP contribution is 2.44. The number of carbonyl (C=O) groups excluding carboxylic acids is 1. The van der Waals surface area contributed by atoms with Crippen molar-refractivity contribution in [1.29, 1.82) is 0 Å². The van der Waals surface area contributed by atoms with Crippen LogP contribution in [0.2, 0.25) is 0 Å². The first-order valence-corrected chi connectivity index (χ1v) is 10.6. The van der Waals surface area contributed by atoms with Gasteiger partial charge in [-0.15, -0.1) is 11.8 Å². The average molecular weight is 408 g/mol. The molecule has 1 amide bonds. The molecule has 150 valence electrons. The Labute approximate surface area is 168 Å². The van der Waals surface area contributed by atoms with Crippen LogP contribution in [0.3, 0.4) is 0 Å². The largest absolute Gasteiger partial charge is 0.416 e. The Kier molecular flexibility index (Phi) is 6.70. The Morgan fingerprint density at radius 1 is 1.11 bits per heavy atom.